The molecule has 1 aromatic rings. The first kappa shape index (κ1) is 21.4. The minimum absolute atomic E-state index is 0.158. The molecule has 1 saturated heterocycles. The van der Waals surface area contributed by atoms with Crippen molar-refractivity contribution in [3.63, 3.8) is 0 Å². The van der Waals surface area contributed by atoms with Crippen molar-refractivity contribution in [3.8, 4) is 0 Å². The van der Waals surface area contributed by atoms with Crippen LogP contribution in [0.1, 0.15) is 40.7 Å². The SMILES string of the molecule is NCc1cccc2c1CN(C1CCCC(=O)NC1=O)C2=O.O=C(O)C(F)(F)F. The van der Waals surface area contributed by atoms with Crippen molar-refractivity contribution >= 4 is 23.7 Å². The Morgan fingerprint density at radius 2 is 1.93 bits per heavy atom. The van der Waals surface area contributed by atoms with Gasteiger partial charge in [0.15, 0.2) is 0 Å². The molecule has 1 atom stereocenters. The van der Waals surface area contributed by atoms with Gasteiger partial charge in [0.1, 0.15) is 6.04 Å². The molecule has 2 aliphatic rings. The highest BCUT2D eigenvalue weighted by Gasteiger charge is 2.39. The standard InChI is InChI=1S/C15H17N3O3.C2HF3O2/c16-7-9-3-1-4-10-11(9)8-18(15(10)21)12-5-2-6-13(19)17-14(12)20;3-2(4,5)1(6)7/h1,3-4,12H,2,5-8,16H2,(H,17,19,20);(H,6,7). The molecule has 3 amide bonds. The molecule has 4 N–H and O–H groups in total. The number of nitrogens with zero attached hydrogens (tertiary/aromatic N) is 1. The van der Waals surface area contributed by atoms with Crippen molar-refractivity contribution < 1.29 is 37.5 Å². The molecule has 1 unspecified atom stereocenters. The number of aliphatic carboxylic acids is 1. The molecule has 3 rings (SSSR count). The van der Waals surface area contributed by atoms with Gasteiger partial charge in [0.25, 0.3) is 5.91 Å². The van der Waals surface area contributed by atoms with E-state index in [9.17, 15) is 27.6 Å². The molecule has 8 nitrogen and oxygen atoms in total. The van der Waals surface area contributed by atoms with Crippen LogP contribution in [0.15, 0.2) is 18.2 Å². The van der Waals surface area contributed by atoms with E-state index in [2.05, 4.69) is 5.32 Å². The number of fused-ring (bicyclic) bond motifs is 1. The van der Waals surface area contributed by atoms with E-state index in [0.717, 1.165) is 11.1 Å². The molecule has 1 aromatic carbocycles. The third kappa shape index (κ3) is 4.66. The van der Waals surface area contributed by atoms with Gasteiger partial charge in [0.05, 0.1) is 0 Å². The fourth-order valence-electron chi connectivity index (χ4n) is 3.03. The Morgan fingerprint density at radius 3 is 2.50 bits per heavy atom. The number of benzene rings is 1. The lowest BCUT2D eigenvalue weighted by Gasteiger charge is -2.24. The van der Waals surface area contributed by atoms with Gasteiger partial charge in [-0.15, -0.1) is 0 Å². The quantitative estimate of drug-likeness (QED) is 0.632. The summed E-state index contributed by atoms with van der Waals surface area (Å²) in [7, 11) is 0. The molecule has 0 aromatic heterocycles. The second-order valence-corrected chi connectivity index (χ2v) is 6.20. The van der Waals surface area contributed by atoms with Crippen LogP contribution >= 0.6 is 0 Å². The Hall–Kier alpha value is -2.95. The predicted octanol–water partition coefficient (Wildman–Crippen LogP) is 0.930. The molecule has 11 heteroatoms. The first-order valence-electron chi connectivity index (χ1n) is 8.31. The van der Waals surface area contributed by atoms with Crippen LogP contribution in [-0.4, -0.2) is 45.9 Å². The van der Waals surface area contributed by atoms with Gasteiger partial charge in [-0.1, -0.05) is 12.1 Å². The third-order valence-electron chi connectivity index (χ3n) is 4.38. The van der Waals surface area contributed by atoms with Crippen LogP contribution in [0.2, 0.25) is 0 Å². The molecule has 0 spiro atoms. The minimum atomic E-state index is -5.08. The number of rotatable bonds is 2. The van der Waals surface area contributed by atoms with Crippen LogP contribution in [0, 0.1) is 0 Å². The molecule has 0 aliphatic carbocycles. The van der Waals surface area contributed by atoms with Crippen molar-refractivity contribution in [2.75, 3.05) is 0 Å². The van der Waals surface area contributed by atoms with E-state index in [1.807, 2.05) is 6.07 Å². The normalized spacial score (nSPS) is 19.4. The maximum Gasteiger partial charge on any atom is 0.490 e. The van der Waals surface area contributed by atoms with Crippen LogP contribution in [0.3, 0.4) is 0 Å². The van der Waals surface area contributed by atoms with Crippen LogP contribution in [0.25, 0.3) is 0 Å². The second-order valence-electron chi connectivity index (χ2n) is 6.20. The van der Waals surface area contributed by atoms with Gasteiger partial charge in [0, 0.05) is 25.1 Å². The molecular formula is C17H18F3N3O5. The number of carbonyl (C=O) groups excluding carboxylic acids is 3. The molecule has 152 valence electrons. The summed E-state index contributed by atoms with van der Waals surface area (Å²) in [4.78, 5) is 46.5. The summed E-state index contributed by atoms with van der Waals surface area (Å²) in [6.45, 7) is 0.744. The number of halogens is 3. The summed E-state index contributed by atoms with van der Waals surface area (Å²) >= 11 is 0. The number of nitrogens with one attached hydrogen (secondary N) is 1. The average molecular weight is 401 g/mol. The predicted molar refractivity (Wildman–Crippen MR) is 88.7 cm³/mol. The molecule has 0 saturated carbocycles. The highest BCUT2D eigenvalue weighted by Crippen LogP contribution is 2.29. The largest absolute Gasteiger partial charge is 0.490 e. The van der Waals surface area contributed by atoms with E-state index in [-0.39, 0.29) is 17.7 Å². The summed E-state index contributed by atoms with van der Waals surface area (Å²) in [6.07, 6.45) is -3.65. The number of alkyl halides is 3. The Kier molecular flexibility index (Phi) is 6.39. The topological polar surface area (TPSA) is 130 Å². The van der Waals surface area contributed by atoms with Crippen LogP contribution in [-0.2, 0) is 27.5 Å². The number of amides is 3. The van der Waals surface area contributed by atoms with Crippen LogP contribution in [0.5, 0.6) is 0 Å². The zero-order valence-electron chi connectivity index (χ0n) is 14.6. The van der Waals surface area contributed by atoms with Crippen molar-refractivity contribution in [3.05, 3.63) is 34.9 Å². The summed E-state index contributed by atoms with van der Waals surface area (Å²) in [5.74, 6) is -3.57. The molecule has 0 bridgehead atoms. The third-order valence-corrected chi connectivity index (χ3v) is 4.38. The summed E-state index contributed by atoms with van der Waals surface area (Å²) in [5.41, 5.74) is 8.14. The van der Waals surface area contributed by atoms with Gasteiger partial charge < -0.3 is 15.7 Å². The second kappa shape index (κ2) is 8.38. The summed E-state index contributed by atoms with van der Waals surface area (Å²) < 4.78 is 31.7. The van der Waals surface area contributed by atoms with Crippen molar-refractivity contribution in [2.24, 2.45) is 5.73 Å². The fourth-order valence-corrected chi connectivity index (χ4v) is 3.03. The molecule has 0 radical (unpaired) electrons. The Bertz CT molecular complexity index is 810. The highest BCUT2D eigenvalue weighted by atomic mass is 19.4. The summed E-state index contributed by atoms with van der Waals surface area (Å²) in [6, 6.07) is 4.88. The Labute approximate surface area is 157 Å². The zero-order chi connectivity index (χ0) is 21.1. The van der Waals surface area contributed by atoms with Gasteiger partial charge in [-0.3, -0.25) is 19.7 Å². The van der Waals surface area contributed by atoms with E-state index < -0.39 is 18.2 Å². The van der Waals surface area contributed by atoms with Gasteiger partial charge in [-0.05, 0) is 30.0 Å². The maximum absolute atomic E-state index is 12.5. The van der Waals surface area contributed by atoms with Crippen molar-refractivity contribution in [1.82, 2.24) is 10.2 Å². The monoisotopic (exact) mass is 401 g/mol. The molecular weight excluding hydrogens is 383 g/mol. The van der Waals surface area contributed by atoms with E-state index in [0.29, 0.717) is 37.9 Å². The number of carbonyl (C=O) groups is 4. The van der Waals surface area contributed by atoms with Gasteiger partial charge in [-0.2, -0.15) is 13.2 Å². The lowest BCUT2D eigenvalue weighted by atomic mass is 10.0. The molecule has 2 aliphatic heterocycles. The van der Waals surface area contributed by atoms with Gasteiger partial charge >= 0.3 is 12.1 Å². The van der Waals surface area contributed by atoms with E-state index in [4.69, 9.17) is 15.6 Å². The number of hydrogen-bond donors (Lipinski definition) is 3. The van der Waals surface area contributed by atoms with Gasteiger partial charge in [0.2, 0.25) is 11.8 Å². The van der Waals surface area contributed by atoms with Crippen molar-refractivity contribution in [2.45, 2.75) is 44.6 Å². The van der Waals surface area contributed by atoms with E-state index in [1.165, 1.54) is 0 Å². The smallest absolute Gasteiger partial charge is 0.475 e. The van der Waals surface area contributed by atoms with Crippen molar-refractivity contribution in [1.29, 1.82) is 0 Å². The number of imide groups is 1. The Balaban J connectivity index is 0.000000345. The maximum atomic E-state index is 12.5. The molecule has 28 heavy (non-hydrogen) atoms. The molecule has 1 fully saturated rings. The first-order chi connectivity index (χ1) is 13.1. The number of carboxylic acid groups (broad SMARTS) is 1. The van der Waals surface area contributed by atoms with E-state index >= 15 is 0 Å². The fraction of sp³-hybridized carbons (Fsp3) is 0.412. The van der Waals surface area contributed by atoms with Crippen LogP contribution < -0.4 is 11.1 Å². The van der Waals surface area contributed by atoms with Crippen LogP contribution in [0.4, 0.5) is 13.2 Å². The Morgan fingerprint density at radius 1 is 1.29 bits per heavy atom. The number of nitrogens with two attached hydrogens (primary N) is 1. The minimum Gasteiger partial charge on any atom is -0.475 e. The van der Waals surface area contributed by atoms with Gasteiger partial charge in [-0.25, -0.2) is 4.79 Å². The lowest BCUT2D eigenvalue weighted by Crippen LogP contribution is -2.46. The highest BCUT2D eigenvalue weighted by molar-refractivity contribution is 6.04. The zero-order valence-corrected chi connectivity index (χ0v) is 14.6. The lowest BCUT2D eigenvalue weighted by molar-refractivity contribution is -0.192. The number of carboxylic acids is 1. The molecule has 2 heterocycles. The average Bonchev–Trinajstić information content (AvgIpc) is 2.84. The van der Waals surface area contributed by atoms with E-state index in [1.54, 1.807) is 17.0 Å². The summed E-state index contributed by atoms with van der Waals surface area (Å²) in [5, 5.41) is 9.47. The number of hydrogen-bond acceptors (Lipinski definition) is 5. The first-order valence-corrected chi connectivity index (χ1v) is 8.31.